The number of fused-ring (bicyclic) bond motifs is 1. The molecule has 0 aliphatic carbocycles. The number of nitrogens with one attached hydrogen (secondary N) is 1. The number of nitrogens with zero attached hydrogens (tertiary/aromatic N) is 2. The Morgan fingerprint density at radius 3 is 2.25 bits per heavy atom. The lowest BCUT2D eigenvalue weighted by Gasteiger charge is -2.18. The van der Waals surface area contributed by atoms with Gasteiger partial charge in [0.25, 0.3) is 5.91 Å². The van der Waals surface area contributed by atoms with Crippen LogP contribution in [0.1, 0.15) is 36.7 Å². The van der Waals surface area contributed by atoms with Crippen LogP contribution in [0.4, 0.5) is 5.82 Å². The molecule has 0 aliphatic heterocycles. The predicted molar refractivity (Wildman–Crippen MR) is 114 cm³/mol. The molecule has 0 spiro atoms. The van der Waals surface area contributed by atoms with Crippen LogP contribution in [0.3, 0.4) is 0 Å². The third kappa shape index (κ3) is 3.67. The Morgan fingerprint density at radius 1 is 0.857 bits per heavy atom. The maximum Gasteiger partial charge on any atom is 0.256 e. The Labute approximate surface area is 164 Å². The zero-order valence-electron chi connectivity index (χ0n) is 16.3. The number of anilines is 1. The van der Waals surface area contributed by atoms with E-state index >= 15 is 0 Å². The Bertz CT molecular complexity index is 1120. The fraction of sp³-hybridized carbons (Fsp3) is 0.167. The molecule has 0 aliphatic rings. The summed E-state index contributed by atoms with van der Waals surface area (Å²) < 4.78 is 1.93. The standard InChI is InChI=1S/C24H23N3O/c1-24(2,3)20-12-9-18(10-13-20)23(28)26-21-16-27-15-19(11-14-22(27)25-21)17-7-5-4-6-8-17/h4-16H,1-3H3,(H,26,28). The van der Waals surface area contributed by atoms with Gasteiger partial charge in [-0.2, -0.15) is 0 Å². The number of carbonyl (C=O) groups is 1. The molecule has 1 amide bonds. The van der Waals surface area contributed by atoms with Gasteiger partial charge in [-0.15, -0.1) is 0 Å². The maximum atomic E-state index is 12.6. The molecule has 140 valence electrons. The molecule has 4 rings (SSSR count). The van der Waals surface area contributed by atoms with Gasteiger partial charge in [0.05, 0.1) is 6.20 Å². The minimum Gasteiger partial charge on any atom is -0.305 e. The Hall–Kier alpha value is -3.40. The first kappa shape index (κ1) is 18.0. The van der Waals surface area contributed by atoms with E-state index in [0.29, 0.717) is 11.4 Å². The number of pyridine rings is 1. The number of amides is 1. The van der Waals surface area contributed by atoms with Crippen molar-refractivity contribution >= 4 is 17.4 Å². The average molecular weight is 369 g/mol. The number of imidazole rings is 1. The Morgan fingerprint density at radius 2 is 1.57 bits per heavy atom. The number of hydrogen-bond acceptors (Lipinski definition) is 2. The lowest BCUT2D eigenvalue weighted by molar-refractivity contribution is 0.102. The number of carbonyl (C=O) groups excluding carboxylic acids is 1. The zero-order valence-corrected chi connectivity index (χ0v) is 16.3. The van der Waals surface area contributed by atoms with Crippen LogP contribution in [0.25, 0.3) is 16.8 Å². The van der Waals surface area contributed by atoms with Gasteiger partial charge in [0.15, 0.2) is 5.82 Å². The fourth-order valence-corrected chi connectivity index (χ4v) is 3.16. The van der Waals surface area contributed by atoms with Crippen LogP contribution >= 0.6 is 0 Å². The summed E-state index contributed by atoms with van der Waals surface area (Å²) in [7, 11) is 0. The van der Waals surface area contributed by atoms with Gasteiger partial charge >= 0.3 is 0 Å². The summed E-state index contributed by atoms with van der Waals surface area (Å²) in [5, 5.41) is 2.89. The van der Waals surface area contributed by atoms with Crippen LogP contribution in [-0.4, -0.2) is 15.3 Å². The first-order valence-corrected chi connectivity index (χ1v) is 9.36. The van der Waals surface area contributed by atoms with Crippen molar-refractivity contribution in [2.75, 3.05) is 5.32 Å². The molecule has 1 N–H and O–H groups in total. The molecule has 2 aromatic heterocycles. The number of rotatable bonds is 3. The van der Waals surface area contributed by atoms with Crippen molar-refractivity contribution < 1.29 is 4.79 Å². The van der Waals surface area contributed by atoms with E-state index in [9.17, 15) is 4.79 Å². The van der Waals surface area contributed by atoms with E-state index in [1.165, 1.54) is 5.56 Å². The second kappa shape index (κ2) is 6.97. The molecule has 28 heavy (non-hydrogen) atoms. The van der Waals surface area contributed by atoms with Crippen molar-refractivity contribution in [3.63, 3.8) is 0 Å². The van der Waals surface area contributed by atoms with Crippen LogP contribution in [0.5, 0.6) is 0 Å². The highest BCUT2D eigenvalue weighted by molar-refractivity contribution is 6.03. The summed E-state index contributed by atoms with van der Waals surface area (Å²) in [5.41, 5.74) is 4.91. The number of hydrogen-bond donors (Lipinski definition) is 1. The summed E-state index contributed by atoms with van der Waals surface area (Å²) in [6.07, 6.45) is 3.86. The average Bonchev–Trinajstić information content (AvgIpc) is 3.09. The van der Waals surface area contributed by atoms with E-state index in [1.807, 2.05) is 71.4 Å². The van der Waals surface area contributed by atoms with Gasteiger partial charge < -0.3 is 9.72 Å². The van der Waals surface area contributed by atoms with Crippen molar-refractivity contribution in [3.8, 4) is 11.1 Å². The van der Waals surface area contributed by atoms with Gasteiger partial charge in [-0.1, -0.05) is 63.2 Å². The molecule has 0 radical (unpaired) electrons. The molecule has 0 bridgehead atoms. The van der Waals surface area contributed by atoms with Gasteiger partial charge in [-0.25, -0.2) is 4.98 Å². The molecule has 2 heterocycles. The first-order valence-electron chi connectivity index (χ1n) is 9.36. The smallest absolute Gasteiger partial charge is 0.256 e. The molecular weight excluding hydrogens is 346 g/mol. The molecule has 4 aromatic rings. The number of aromatic nitrogens is 2. The highest BCUT2D eigenvalue weighted by Crippen LogP contribution is 2.23. The monoisotopic (exact) mass is 369 g/mol. The van der Waals surface area contributed by atoms with E-state index < -0.39 is 0 Å². The first-order chi connectivity index (χ1) is 13.4. The van der Waals surface area contributed by atoms with Crippen molar-refractivity contribution in [1.29, 1.82) is 0 Å². The van der Waals surface area contributed by atoms with Crippen LogP contribution in [0.2, 0.25) is 0 Å². The van der Waals surface area contributed by atoms with Crippen LogP contribution in [0, 0.1) is 0 Å². The number of benzene rings is 2. The minimum atomic E-state index is -0.160. The lowest BCUT2D eigenvalue weighted by Crippen LogP contribution is -2.14. The molecular formula is C24H23N3O. The molecule has 0 saturated heterocycles. The van der Waals surface area contributed by atoms with Crippen molar-refractivity contribution in [2.24, 2.45) is 0 Å². The molecule has 2 aromatic carbocycles. The third-order valence-corrected chi connectivity index (χ3v) is 4.81. The molecule has 4 heteroatoms. The van der Waals surface area contributed by atoms with Crippen LogP contribution < -0.4 is 5.32 Å². The maximum absolute atomic E-state index is 12.6. The largest absolute Gasteiger partial charge is 0.305 e. The summed E-state index contributed by atoms with van der Waals surface area (Å²) in [6, 6.07) is 21.9. The van der Waals surface area contributed by atoms with Gasteiger partial charge in [-0.3, -0.25) is 4.79 Å². The van der Waals surface area contributed by atoms with E-state index in [4.69, 9.17) is 0 Å². The second-order valence-electron chi connectivity index (χ2n) is 7.96. The van der Waals surface area contributed by atoms with Gasteiger partial charge in [-0.05, 0) is 46.4 Å². The van der Waals surface area contributed by atoms with Crippen molar-refractivity contribution in [3.05, 3.63) is 90.3 Å². The summed E-state index contributed by atoms with van der Waals surface area (Å²) in [6.45, 7) is 6.47. The molecule has 0 atom stereocenters. The van der Waals surface area contributed by atoms with E-state index in [2.05, 4.69) is 43.2 Å². The van der Waals surface area contributed by atoms with Crippen LogP contribution in [0.15, 0.2) is 79.1 Å². The van der Waals surface area contributed by atoms with Crippen molar-refractivity contribution in [1.82, 2.24) is 9.38 Å². The summed E-state index contributed by atoms with van der Waals surface area (Å²) in [5.74, 6) is 0.377. The topological polar surface area (TPSA) is 46.4 Å². The van der Waals surface area contributed by atoms with Gasteiger partial charge in [0, 0.05) is 11.8 Å². The van der Waals surface area contributed by atoms with E-state index in [-0.39, 0.29) is 11.3 Å². The molecule has 0 saturated carbocycles. The van der Waals surface area contributed by atoms with Crippen molar-refractivity contribution in [2.45, 2.75) is 26.2 Å². The fourth-order valence-electron chi connectivity index (χ4n) is 3.16. The second-order valence-corrected chi connectivity index (χ2v) is 7.96. The summed E-state index contributed by atoms with van der Waals surface area (Å²) >= 11 is 0. The zero-order chi connectivity index (χ0) is 19.7. The van der Waals surface area contributed by atoms with Gasteiger partial charge in [0.2, 0.25) is 0 Å². The quantitative estimate of drug-likeness (QED) is 0.514. The Balaban J connectivity index is 1.55. The molecule has 0 unspecified atom stereocenters. The SMILES string of the molecule is CC(C)(C)c1ccc(C(=O)Nc2cn3cc(-c4ccccc4)ccc3n2)cc1. The normalized spacial score (nSPS) is 11.5. The van der Waals surface area contributed by atoms with Crippen LogP contribution in [-0.2, 0) is 5.41 Å². The molecule has 4 nitrogen and oxygen atoms in total. The highest BCUT2D eigenvalue weighted by Gasteiger charge is 2.15. The van der Waals surface area contributed by atoms with E-state index in [1.54, 1.807) is 0 Å². The molecule has 0 fully saturated rings. The minimum absolute atomic E-state index is 0.0626. The highest BCUT2D eigenvalue weighted by atomic mass is 16.1. The summed E-state index contributed by atoms with van der Waals surface area (Å²) in [4.78, 5) is 17.1. The Kier molecular flexibility index (Phi) is 4.47. The van der Waals surface area contributed by atoms with E-state index in [0.717, 1.165) is 16.8 Å². The predicted octanol–water partition coefficient (Wildman–Crippen LogP) is 5.55. The third-order valence-electron chi connectivity index (χ3n) is 4.81. The van der Waals surface area contributed by atoms with Gasteiger partial charge in [0.1, 0.15) is 5.65 Å². The lowest BCUT2D eigenvalue weighted by atomic mass is 9.87.